The first kappa shape index (κ1) is 23.7. The van der Waals surface area contributed by atoms with Gasteiger partial charge in [0.05, 0.1) is 9.38 Å². The minimum Gasteiger partial charge on any atom is -0.483 e. The van der Waals surface area contributed by atoms with Gasteiger partial charge in [-0.2, -0.15) is 0 Å². The molecule has 1 aliphatic heterocycles. The quantitative estimate of drug-likeness (QED) is 0.481. The Balaban J connectivity index is 1.59. The van der Waals surface area contributed by atoms with Crippen molar-refractivity contribution in [2.24, 2.45) is 11.7 Å². The van der Waals surface area contributed by atoms with Crippen LogP contribution < -0.4 is 15.8 Å². The topological polar surface area (TPSA) is 84.7 Å². The first-order chi connectivity index (χ1) is 15.9. The largest absolute Gasteiger partial charge is 0.483 e. The van der Waals surface area contributed by atoms with Gasteiger partial charge in [0.1, 0.15) is 5.75 Å². The highest BCUT2D eigenvalue weighted by atomic mass is 79.9. The summed E-state index contributed by atoms with van der Waals surface area (Å²) in [6, 6.07) is 15.8. The summed E-state index contributed by atoms with van der Waals surface area (Å²) in [5.41, 5.74) is 6.88. The third-order valence-electron chi connectivity index (χ3n) is 6.05. The summed E-state index contributed by atoms with van der Waals surface area (Å²) in [4.78, 5) is 27.3. The van der Waals surface area contributed by atoms with Gasteiger partial charge in [0.25, 0.3) is 11.8 Å². The Morgan fingerprint density at radius 3 is 2.70 bits per heavy atom. The molecule has 1 saturated carbocycles. The molecular formula is C25H28BrN3O3S. The standard InChI is InChI=1S/C25H28BrN3O3S/c1-16-7-5-6-10-20(16)29-24(31)22(33-25(29)28-18-8-3-2-4-9-18)14-17-11-12-21(19(26)13-17)32-15-23(27)30/h2-4,8-9,11-14,16,20,25,28H,5-7,10,15H2,1H3,(H2,27,30)/b22-14-/t16-,20-,25?/m1/s1. The third kappa shape index (κ3) is 5.73. The lowest BCUT2D eigenvalue weighted by molar-refractivity contribution is -0.129. The lowest BCUT2D eigenvalue weighted by Gasteiger charge is -2.39. The number of nitrogens with zero attached hydrogens (tertiary/aromatic N) is 1. The van der Waals surface area contributed by atoms with E-state index in [9.17, 15) is 9.59 Å². The first-order valence-corrected chi connectivity index (χ1v) is 12.8. The summed E-state index contributed by atoms with van der Waals surface area (Å²) < 4.78 is 6.10. The van der Waals surface area contributed by atoms with Gasteiger partial charge in [-0.15, -0.1) is 0 Å². The van der Waals surface area contributed by atoms with Gasteiger partial charge in [0.2, 0.25) is 0 Å². The smallest absolute Gasteiger partial charge is 0.262 e. The van der Waals surface area contributed by atoms with Crippen LogP contribution in [0, 0.1) is 5.92 Å². The lowest BCUT2D eigenvalue weighted by atomic mass is 9.85. The van der Waals surface area contributed by atoms with Crippen LogP contribution in [0.4, 0.5) is 5.69 Å². The molecule has 1 saturated heterocycles. The Bertz CT molecular complexity index is 1050. The fraction of sp³-hybridized carbons (Fsp3) is 0.360. The number of benzene rings is 2. The van der Waals surface area contributed by atoms with Crippen molar-refractivity contribution in [3.63, 3.8) is 0 Å². The van der Waals surface area contributed by atoms with Gasteiger partial charge in [0, 0.05) is 11.7 Å². The molecule has 2 aromatic rings. The molecule has 4 rings (SSSR count). The number of hydrogen-bond donors (Lipinski definition) is 2. The summed E-state index contributed by atoms with van der Waals surface area (Å²) in [5, 5.41) is 3.56. The highest BCUT2D eigenvalue weighted by Crippen LogP contribution is 2.42. The Kier molecular flexibility index (Phi) is 7.65. The number of thioether (sulfide) groups is 1. The van der Waals surface area contributed by atoms with Crippen molar-refractivity contribution in [3.05, 3.63) is 63.5 Å². The van der Waals surface area contributed by atoms with Crippen LogP contribution in [-0.4, -0.2) is 34.9 Å². The zero-order chi connectivity index (χ0) is 23.4. The van der Waals surface area contributed by atoms with Crippen LogP contribution in [-0.2, 0) is 9.59 Å². The number of primary amides is 1. The van der Waals surface area contributed by atoms with E-state index in [0.717, 1.165) is 30.5 Å². The van der Waals surface area contributed by atoms with E-state index in [1.165, 1.54) is 6.42 Å². The van der Waals surface area contributed by atoms with Crippen molar-refractivity contribution in [2.75, 3.05) is 11.9 Å². The van der Waals surface area contributed by atoms with Crippen LogP contribution in [0.2, 0.25) is 0 Å². The number of carbonyl (C=O) groups excluding carboxylic acids is 2. The summed E-state index contributed by atoms with van der Waals surface area (Å²) in [7, 11) is 0. The molecule has 1 heterocycles. The zero-order valence-electron chi connectivity index (χ0n) is 18.5. The molecule has 6 nitrogen and oxygen atoms in total. The summed E-state index contributed by atoms with van der Waals surface area (Å²) in [6.07, 6.45) is 6.48. The predicted octanol–water partition coefficient (Wildman–Crippen LogP) is 5.20. The molecule has 3 N–H and O–H groups in total. The van der Waals surface area contributed by atoms with Crippen molar-refractivity contribution < 1.29 is 14.3 Å². The predicted molar refractivity (Wildman–Crippen MR) is 137 cm³/mol. The van der Waals surface area contributed by atoms with Crippen LogP contribution in [0.1, 0.15) is 38.2 Å². The summed E-state index contributed by atoms with van der Waals surface area (Å²) in [6.45, 7) is 2.07. The molecule has 0 spiro atoms. The molecule has 8 heteroatoms. The molecule has 174 valence electrons. The fourth-order valence-corrected chi connectivity index (χ4v) is 6.11. The van der Waals surface area contributed by atoms with E-state index in [-0.39, 0.29) is 24.1 Å². The van der Waals surface area contributed by atoms with Gasteiger partial charge in [-0.1, -0.05) is 55.8 Å². The van der Waals surface area contributed by atoms with E-state index in [1.54, 1.807) is 17.8 Å². The minimum absolute atomic E-state index is 0.0670. The third-order valence-corrected chi connectivity index (χ3v) is 7.78. The van der Waals surface area contributed by atoms with E-state index >= 15 is 0 Å². The number of anilines is 1. The van der Waals surface area contributed by atoms with E-state index in [0.29, 0.717) is 21.0 Å². The molecule has 2 aromatic carbocycles. The number of amides is 2. The molecule has 0 bridgehead atoms. The second kappa shape index (κ2) is 10.7. The monoisotopic (exact) mass is 529 g/mol. The van der Waals surface area contributed by atoms with Gasteiger partial charge in [0.15, 0.2) is 12.1 Å². The molecule has 1 aliphatic carbocycles. The van der Waals surface area contributed by atoms with Gasteiger partial charge < -0.3 is 20.7 Å². The summed E-state index contributed by atoms with van der Waals surface area (Å²) in [5.74, 6) is 0.536. The summed E-state index contributed by atoms with van der Waals surface area (Å²) >= 11 is 5.03. The number of nitrogens with one attached hydrogen (secondary N) is 1. The van der Waals surface area contributed by atoms with Gasteiger partial charge in [-0.25, -0.2) is 0 Å². The maximum atomic E-state index is 13.6. The van der Waals surface area contributed by atoms with Crippen molar-refractivity contribution >= 4 is 51.3 Å². The molecule has 2 amide bonds. The number of nitrogens with two attached hydrogens (primary N) is 1. The van der Waals surface area contributed by atoms with Crippen molar-refractivity contribution in [1.82, 2.24) is 4.90 Å². The number of rotatable bonds is 7. The van der Waals surface area contributed by atoms with Gasteiger partial charge in [-0.3, -0.25) is 9.59 Å². The maximum Gasteiger partial charge on any atom is 0.262 e. The van der Waals surface area contributed by atoms with Crippen LogP contribution in [0.25, 0.3) is 6.08 Å². The second-order valence-electron chi connectivity index (χ2n) is 8.48. The average Bonchev–Trinajstić information content (AvgIpc) is 3.08. The molecule has 0 aromatic heterocycles. The molecule has 1 unspecified atom stereocenters. The molecule has 0 radical (unpaired) electrons. The highest BCUT2D eigenvalue weighted by Gasteiger charge is 2.42. The molecule has 3 atom stereocenters. The molecular weight excluding hydrogens is 502 g/mol. The first-order valence-electron chi connectivity index (χ1n) is 11.2. The second-order valence-corrected chi connectivity index (χ2v) is 10.5. The molecule has 2 fully saturated rings. The fourth-order valence-electron chi connectivity index (χ4n) is 4.39. The van der Waals surface area contributed by atoms with E-state index < -0.39 is 5.91 Å². The van der Waals surface area contributed by atoms with Crippen molar-refractivity contribution in [1.29, 1.82) is 0 Å². The number of ether oxygens (including phenoxy) is 1. The normalized spacial score (nSPS) is 24.2. The van der Waals surface area contributed by atoms with Crippen molar-refractivity contribution in [3.8, 4) is 5.75 Å². The van der Waals surface area contributed by atoms with E-state index in [4.69, 9.17) is 10.5 Å². The number of para-hydroxylation sites is 1. The van der Waals surface area contributed by atoms with Crippen molar-refractivity contribution in [2.45, 2.75) is 44.1 Å². The van der Waals surface area contributed by atoms with Gasteiger partial charge >= 0.3 is 0 Å². The zero-order valence-corrected chi connectivity index (χ0v) is 20.9. The number of carbonyl (C=O) groups is 2. The number of halogens is 1. The van der Waals surface area contributed by atoms with E-state index in [1.807, 2.05) is 53.4 Å². The minimum atomic E-state index is -0.532. The van der Waals surface area contributed by atoms with Crippen LogP contribution in [0.3, 0.4) is 0 Å². The van der Waals surface area contributed by atoms with E-state index in [2.05, 4.69) is 28.2 Å². The Labute approximate surface area is 207 Å². The Hall–Kier alpha value is -2.45. The van der Waals surface area contributed by atoms with Gasteiger partial charge in [-0.05, 0) is 70.6 Å². The SMILES string of the molecule is C[C@@H]1CCCC[C@H]1N1C(=O)/C(=C/c2ccc(OCC(N)=O)c(Br)c2)SC1Nc1ccccc1. The lowest BCUT2D eigenvalue weighted by Crippen LogP contribution is -2.48. The Morgan fingerprint density at radius 2 is 2.00 bits per heavy atom. The average molecular weight is 530 g/mol. The number of hydrogen-bond acceptors (Lipinski definition) is 5. The molecule has 33 heavy (non-hydrogen) atoms. The van der Waals surface area contributed by atoms with Crippen LogP contribution in [0.15, 0.2) is 57.9 Å². The molecule has 2 aliphatic rings. The highest BCUT2D eigenvalue weighted by molar-refractivity contribution is 9.10. The Morgan fingerprint density at radius 1 is 1.24 bits per heavy atom. The van der Waals surface area contributed by atoms with Crippen LogP contribution in [0.5, 0.6) is 5.75 Å². The maximum absolute atomic E-state index is 13.6. The van der Waals surface area contributed by atoms with Crippen LogP contribution >= 0.6 is 27.7 Å².